The van der Waals surface area contributed by atoms with Gasteiger partial charge in [-0.05, 0) is 6.07 Å². The van der Waals surface area contributed by atoms with Gasteiger partial charge in [0.1, 0.15) is 12.9 Å². The van der Waals surface area contributed by atoms with Crippen LogP contribution in [-0.2, 0) is 11.4 Å². The molecule has 1 aliphatic heterocycles. The topological polar surface area (TPSA) is 67.2 Å². The predicted octanol–water partition coefficient (Wildman–Crippen LogP) is 2.21. The summed E-state index contributed by atoms with van der Waals surface area (Å²) in [6.45, 7) is 0.882. The second kappa shape index (κ2) is 6.84. The molecule has 126 valence electrons. The zero-order valence-corrected chi connectivity index (χ0v) is 13.5. The molecular weight excluding hydrogens is 313 g/mol. The van der Waals surface area contributed by atoms with Crippen LogP contribution < -0.4 is 9.64 Å². The number of pyridine rings is 1. The van der Waals surface area contributed by atoms with Gasteiger partial charge in [0.05, 0.1) is 32.5 Å². The Kier molecular flexibility index (Phi) is 4.61. The molecule has 0 saturated carbocycles. The molecule has 1 N–H and O–H groups in total. The number of ether oxygens (including phenoxy) is 1. The first-order valence-electron chi connectivity index (χ1n) is 7.44. The minimum Gasteiger partial charge on any atom is -0.493 e. The normalized spacial score (nSPS) is 13.5. The third-order valence-corrected chi connectivity index (χ3v) is 3.88. The fourth-order valence-electron chi connectivity index (χ4n) is 2.63. The van der Waals surface area contributed by atoms with E-state index in [0.717, 1.165) is 5.71 Å². The van der Waals surface area contributed by atoms with Crippen molar-refractivity contribution < 1.29 is 19.1 Å². The first kappa shape index (κ1) is 16.2. The van der Waals surface area contributed by atoms with Gasteiger partial charge in [-0.1, -0.05) is 23.4 Å². The second-order valence-electron chi connectivity index (χ2n) is 5.38. The first-order chi connectivity index (χ1) is 11.7. The van der Waals surface area contributed by atoms with E-state index in [-0.39, 0.29) is 12.2 Å². The van der Waals surface area contributed by atoms with E-state index in [4.69, 9.17) is 9.57 Å². The molecule has 1 aromatic heterocycles. The quantitative estimate of drug-likeness (QED) is 0.851. The van der Waals surface area contributed by atoms with Gasteiger partial charge in [0.2, 0.25) is 0 Å². The van der Waals surface area contributed by atoms with Gasteiger partial charge in [-0.2, -0.15) is 0 Å². The highest BCUT2D eigenvalue weighted by molar-refractivity contribution is 5.99. The molecule has 1 aliphatic rings. The summed E-state index contributed by atoms with van der Waals surface area (Å²) in [4.78, 5) is 11.1. The number of oxime groups is 1. The molecule has 1 aromatic carbocycles. The molecule has 0 atom stereocenters. The maximum Gasteiger partial charge on any atom is 0.172 e. The van der Waals surface area contributed by atoms with Crippen molar-refractivity contribution in [2.45, 2.75) is 6.61 Å². The number of aliphatic hydroxyl groups excluding tert-OH is 1. The maximum absolute atomic E-state index is 14.4. The molecule has 0 aliphatic carbocycles. The van der Waals surface area contributed by atoms with Crippen molar-refractivity contribution in [3.63, 3.8) is 0 Å². The largest absolute Gasteiger partial charge is 0.493 e. The summed E-state index contributed by atoms with van der Waals surface area (Å²) >= 11 is 0. The summed E-state index contributed by atoms with van der Waals surface area (Å²) in [6.07, 6.45) is 1.60. The fraction of sp³-hybridized carbons (Fsp3) is 0.294. The van der Waals surface area contributed by atoms with Gasteiger partial charge in [-0.3, -0.25) is 0 Å². The van der Waals surface area contributed by atoms with E-state index in [1.165, 1.54) is 7.11 Å². The van der Waals surface area contributed by atoms with Gasteiger partial charge >= 0.3 is 0 Å². The van der Waals surface area contributed by atoms with Crippen LogP contribution in [0.1, 0.15) is 5.56 Å². The highest BCUT2D eigenvalue weighted by Gasteiger charge is 2.27. The highest BCUT2D eigenvalue weighted by Crippen LogP contribution is 2.34. The Hall–Kier alpha value is -2.67. The Morgan fingerprint density at radius 3 is 2.79 bits per heavy atom. The lowest BCUT2D eigenvalue weighted by Crippen LogP contribution is -2.48. The zero-order valence-electron chi connectivity index (χ0n) is 13.5. The Balaban J connectivity index is 1.92. The number of aromatic nitrogens is 1. The molecular formula is C17H18FN3O3. The molecule has 1 fully saturated rings. The van der Waals surface area contributed by atoms with E-state index in [1.807, 2.05) is 4.90 Å². The molecule has 2 heterocycles. The van der Waals surface area contributed by atoms with Crippen molar-refractivity contribution in [3.8, 4) is 16.9 Å². The van der Waals surface area contributed by atoms with Gasteiger partial charge in [0.15, 0.2) is 11.6 Å². The molecule has 0 unspecified atom stereocenters. The van der Waals surface area contributed by atoms with Crippen LogP contribution in [0.5, 0.6) is 5.75 Å². The van der Waals surface area contributed by atoms with Crippen LogP contribution in [0, 0.1) is 5.82 Å². The number of benzene rings is 1. The van der Waals surface area contributed by atoms with Gasteiger partial charge < -0.3 is 19.6 Å². The second-order valence-corrected chi connectivity index (χ2v) is 5.38. The summed E-state index contributed by atoms with van der Waals surface area (Å²) in [7, 11) is 3.06. The van der Waals surface area contributed by atoms with E-state index >= 15 is 0 Å². The van der Waals surface area contributed by atoms with Crippen molar-refractivity contribution >= 4 is 11.5 Å². The van der Waals surface area contributed by atoms with Crippen LogP contribution in [0.2, 0.25) is 0 Å². The van der Waals surface area contributed by atoms with E-state index in [0.29, 0.717) is 35.8 Å². The molecule has 24 heavy (non-hydrogen) atoms. The molecule has 2 aromatic rings. The lowest BCUT2D eigenvalue weighted by Gasteiger charge is -2.33. The van der Waals surface area contributed by atoms with E-state index in [2.05, 4.69) is 10.1 Å². The number of methoxy groups -OCH3 is 1. The Labute approximate surface area is 139 Å². The molecule has 1 saturated heterocycles. The molecule has 7 heteroatoms. The monoisotopic (exact) mass is 331 g/mol. The Bertz CT molecular complexity index is 772. The van der Waals surface area contributed by atoms with E-state index in [1.54, 1.807) is 37.6 Å². The summed E-state index contributed by atoms with van der Waals surface area (Å²) in [6, 6.07) is 6.65. The van der Waals surface area contributed by atoms with Crippen LogP contribution in [0.15, 0.2) is 35.6 Å². The predicted molar refractivity (Wildman–Crippen MR) is 88.8 cm³/mol. The summed E-state index contributed by atoms with van der Waals surface area (Å²) in [5, 5.41) is 13.1. The maximum atomic E-state index is 14.4. The van der Waals surface area contributed by atoms with Gasteiger partial charge in [0.25, 0.3) is 0 Å². The average Bonchev–Trinajstić information content (AvgIpc) is 2.57. The summed E-state index contributed by atoms with van der Waals surface area (Å²) in [5.41, 5.74) is 2.14. The van der Waals surface area contributed by atoms with Crippen molar-refractivity contribution in [3.05, 3.63) is 41.8 Å². The fourth-order valence-corrected chi connectivity index (χ4v) is 2.63. The van der Waals surface area contributed by atoms with Crippen LogP contribution in [0.4, 0.5) is 10.2 Å². The van der Waals surface area contributed by atoms with E-state index in [9.17, 15) is 9.50 Å². The number of hydrogen-bond acceptors (Lipinski definition) is 6. The molecule has 0 spiro atoms. The average molecular weight is 331 g/mol. The number of halogens is 1. The number of nitrogens with zero attached hydrogens (tertiary/aromatic N) is 3. The van der Waals surface area contributed by atoms with Gasteiger partial charge in [-0.15, -0.1) is 0 Å². The van der Waals surface area contributed by atoms with Crippen molar-refractivity contribution in [1.29, 1.82) is 0 Å². The third kappa shape index (κ3) is 2.90. The Morgan fingerprint density at radius 2 is 2.12 bits per heavy atom. The smallest absolute Gasteiger partial charge is 0.172 e. The van der Waals surface area contributed by atoms with Crippen LogP contribution >= 0.6 is 0 Å². The lowest BCUT2D eigenvalue weighted by atomic mass is 10.0. The SMILES string of the molecule is CON=C1CN(c2ncc(-c3cccc(CO)c3F)cc2OC)C1. The molecule has 6 nitrogen and oxygen atoms in total. The summed E-state index contributed by atoms with van der Waals surface area (Å²) in [5.74, 6) is 0.780. The molecule has 0 bridgehead atoms. The van der Waals surface area contributed by atoms with Crippen molar-refractivity contribution in [2.24, 2.45) is 5.16 Å². The van der Waals surface area contributed by atoms with Crippen LogP contribution in [0.25, 0.3) is 11.1 Å². The summed E-state index contributed by atoms with van der Waals surface area (Å²) < 4.78 is 19.8. The zero-order chi connectivity index (χ0) is 17.1. The lowest BCUT2D eigenvalue weighted by molar-refractivity contribution is 0.211. The number of rotatable bonds is 5. The number of anilines is 1. The minimum absolute atomic E-state index is 0.249. The number of aliphatic hydroxyl groups is 1. The molecule has 0 amide bonds. The van der Waals surface area contributed by atoms with Crippen LogP contribution in [-0.4, -0.2) is 43.1 Å². The van der Waals surface area contributed by atoms with Gasteiger partial charge in [-0.25, -0.2) is 9.37 Å². The van der Waals surface area contributed by atoms with Crippen LogP contribution in [0.3, 0.4) is 0 Å². The Morgan fingerprint density at radius 1 is 1.33 bits per heavy atom. The van der Waals surface area contributed by atoms with Crippen molar-refractivity contribution in [1.82, 2.24) is 4.98 Å². The highest BCUT2D eigenvalue weighted by atomic mass is 19.1. The first-order valence-corrected chi connectivity index (χ1v) is 7.44. The van der Waals surface area contributed by atoms with Crippen molar-refractivity contribution in [2.75, 3.05) is 32.2 Å². The number of hydrogen-bond donors (Lipinski definition) is 1. The van der Waals surface area contributed by atoms with Gasteiger partial charge in [0, 0.05) is 22.9 Å². The minimum atomic E-state index is -0.449. The molecule has 3 rings (SSSR count). The third-order valence-electron chi connectivity index (χ3n) is 3.88. The standard InChI is InChI=1S/C17H18FN3O3/c1-23-15-6-12(14-5-3-4-11(10-22)16(14)18)7-19-17(15)21-8-13(9-21)20-24-2/h3-7,22H,8-10H2,1-2H3. The molecule has 0 radical (unpaired) electrons. The van der Waals surface area contributed by atoms with E-state index < -0.39 is 5.82 Å².